The van der Waals surface area contributed by atoms with Crippen molar-refractivity contribution in [3.8, 4) is 6.07 Å². The number of hydrogen-bond acceptors (Lipinski definition) is 5. The number of rotatable bonds is 7. The third-order valence-corrected chi connectivity index (χ3v) is 3.78. The molecule has 0 fully saturated rings. The number of nitriles is 1. The molecule has 0 heterocycles. The molecular weight excluding hydrogens is 366 g/mol. The highest BCUT2D eigenvalue weighted by molar-refractivity contribution is 5.87. The molecule has 0 saturated heterocycles. The Morgan fingerprint density at radius 2 is 1.81 bits per heavy atom. The lowest BCUT2D eigenvalue weighted by Gasteiger charge is -2.17. The Morgan fingerprint density at radius 1 is 1.15 bits per heavy atom. The second kappa shape index (κ2) is 11.0. The SMILES string of the molecule is C[C@H](NC(=O)[C@@H](N)Cc1cccc(C#N)c1)C(=O)OCc1ccccc1.Cl. The number of carbonyl (C=O) groups is 2. The molecule has 7 heteroatoms. The van der Waals surface area contributed by atoms with Gasteiger partial charge in [-0.15, -0.1) is 12.4 Å². The van der Waals surface area contributed by atoms with E-state index in [0.29, 0.717) is 5.56 Å². The number of nitrogens with one attached hydrogen (secondary N) is 1. The minimum Gasteiger partial charge on any atom is -0.459 e. The van der Waals surface area contributed by atoms with Crippen LogP contribution in [0.4, 0.5) is 0 Å². The van der Waals surface area contributed by atoms with Crippen LogP contribution in [-0.2, 0) is 27.4 Å². The minimum absolute atomic E-state index is 0. The lowest BCUT2D eigenvalue weighted by molar-refractivity contribution is -0.148. The summed E-state index contributed by atoms with van der Waals surface area (Å²) in [6.45, 7) is 1.70. The van der Waals surface area contributed by atoms with E-state index in [9.17, 15) is 9.59 Å². The van der Waals surface area contributed by atoms with Gasteiger partial charge in [0.25, 0.3) is 0 Å². The van der Waals surface area contributed by atoms with Gasteiger partial charge in [0.15, 0.2) is 0 Å². The van der Waals surface area contributed by atoms with E-state index < -0.39 is 24.0 Å². The summed E-state index contributed by atoms with van der Waals surface area (Å²) in [7, 11) is 0. The summed E-state index contributed by atoms with van der Waals surface area (Å²) in [4.78, 5) is 24.2. The zero-order valence-electron chi connectivity index (χ0n) is 14.9. The van der Waals surface area contributed by atoms with Crippen LogP contribution in [0.5, 0.6) is 0 Å². The third kappa shape index (κ3) is 7.10. The molecule has 0 aromatic heterocycles. The zero-order chi connectivity index (χ0) is 18.9. The fraction of sp³-hybridized carbons (Fsp3) is 0.250. The first-order valence-electron chi connectivity index (χ1n) is 8.25. The molecule has 0 radical (unpaired) electrons. The number of nitrogens with zero attached hydrogens (tertiary/aromatic N) is 1. The van der Waals surface area contributed by atoms with E-state index >= 15 is 0 Å². The van der Waals surface area contributed by atoms with E-state index in [1.165, 1.54) is 0 Å². The lowest BCUT2D eigenvalue weighted by atomic mass is 10.0. The van der Waals surface area contributed by atoms with E-state index in [2.05, 4.69) is 5.32 Å². The summed E-state index contributed by atoms with van der Waals surface area (Å²) < 4.78 is 5.19. The van der Waals surface area contributed by atoms with Crippen molar-refractivity contribution in [2.75, 3.05) is 0 Å². The summed E-state index contributed by atoms with van der Waals surface area (Å²) in [5.74, 6) is -0.975. The summed E-state index contributed by atoms with van der Waals surface area (Å²) >= 11 is 0. The molecule has 0 aliphatic rings. The second-order valence-electron chi connectivity index (χ2n) is 5.95. The van der Waals surface area contributed by atoms with E-state index in [4.69, 9.17) is 15.7 Å². The Labute approximate surface area is 164 Å². The number of nitrogens with two attached hydrogens (primary N) is 1. The first-order chi connectivity index (χ1) is 12.5. The topological polar surface area (TPSA) is 105 Å². The maximum absolute atomic E-state index is 12.2. The number of halogens is 1. The quantitative estimate of drug-likeness (QED) is 0.708. The van der Waals surface area contributed by atoms with Crippen LogP contribution in [0.1, 0.15) is 23.6 Å². The lowest BCUT2D eigenvalue weighted by Crippen LogP contribution is -2.48. The number of amides is 1. The molecule has 1 amide bonds. The summed E-state index contributed by atoms with van der Waals surface area (Å²) in [6, 6.07) is 16.6. The van der Waals surface area contributed by atoms with Gasteiger partial charge >= 0.3 is 5.97 Å². The summed E-state index contributed by atoms with van der Waals surface area (Å²) in [5.41, 5.74) is 8.07. The fourth-order valence-electron chi connectivity index (χ4n) is 2.35. The Balaban J connectivity index is 0.00000364. The number of benzene rings is 2. The Bertz CT molecular complexity index is 806. The summed E-state index contributed by atoms with van der Waals surface area (Å²) in [5, 5.41) is 11.5. The van der Waals surface area contributed by atoms with Crippen LogP contribution in [0.15, 0.2) is 54.6 Å². The maximum atomic E-state index is 12.2. The average Bonchev–Trinajstić information content (AvgIpc) is 2.66. The van der Waals surface area contributed by atoms with Gasteiger partial charge in [0, 0.05) is 0 Å². The van der Waals surface area contributed by atoms with Crippen molar-refractivity contribution in [3.05, 3.63) is 71.3 Å². The number of hydrogen-bond donors (Lipinski definition) is 2. The Kier molecular flexibility index (Phi) is 9.00. The van der Waals surface area contributed by atoms with Crippen molar-refractivity contribution in [2.24, 2.45) is 5.73 Å². The van der Waals surface area contributed by atoms with Gasteiger partial charge in [0.05, 0.1) is 17.7 Å². The van der Waals surface area contributed by atoms with Crippen LogP contribution in [-0.4, -0.2) is 24.0 Å². The predicted molar refractivity (Wildman–Crippen MR) is 104 cm³/mol. The van der Waals surface area contributed by atoms with Crippen molar-refractivity contribution in [2.45, 2.75) is 32.0 Å². The van der Waals surface area contributed by atoms with E-state index in [1.54, 1.807) is 31.2 Å². The van der Waals surface area contributed by atoms with E-state index in [1.807, 2.05) is 36.4 Å². The van der Waals surface area contributed by atoms with E-state index in [0.717, 1.165) is 11.1 Å². The first-order valence-corrected chi connectivity index (χ1v) is 8.25. The van der Waals surface area contributed by atoms with Gasteiger partial charge in [0.1, 0.15) is 12.6 Å². The minimum atomic E-state index is -0.826. The standard InChI is InChI=1S/C20H21N3O3.ClH/c1-14(20(25)26-13-15-6-3-2-4-7-15)23-19(24)18(22)11-16-8-5-9-17(10-16)12-21;/h2-10,14,18H,11,13,22H2,1H3,(H,23,24);1H/t14-,18-;/m0./s1. The number of esters is 1. The third-order valence-electron chi connectivity index (χ3n) is 3.78. The molecule has 2 rings (SSSR count). The molecule has 0 saturated carbocycles. The van der Waals surface area contributed by atoms with Gasteiger partial charge in [-0.05, 0) is 36.6 Å². The maximum Gasteiger partial charge on any atom is 0.328 e. The van der Waals surface area contributed by atoms with E-state index in [-0.39, 0.29) is 25.4 Å². The molecule has 2 aromatic rings. The van der Waals surface area contributed by atoms with Crippen molar-refractivity contribution in [1.29, 1.82) is 5.26 Å². The average molecular weight is 388 g/mol. The molecular formula is C20H22ClN3O3. The fourth-order valence-corrected chi connectivity index (χ4v) is 2.35. The van der Waals surface area contributed by atoms with Crippen LogP contribution in [0.25, 0.3) is 0 Å². The van der Waals surface area contributed by atoms with Gasteiger partial charge in [-0.1, -0.05) is 42.5 Å². The molecule has 0 aliphatic carbocycles. The van der Waals surface area contributed by atoms with Crippen molar-refractivity contribution < 1.29 is 14.3 Å². The van der Waals surface area contributed by atoms with Crippen molar-refractivity contribution in [3.63, 3.8) is 0 Å². The highest BCUT2D eigenvalue weighted by Crippen LogP contribution is 2.07. The molecule has 3 N–H and O–H groups in total. The van der Waals surface area contributed by atoms with Gasteiger partial charge in [-0.25, -0.2) is 4.79 Å². The largest absolute Gasteiger partial charge is 0.459 e. The highest BCUT2D eigenvalue weighted by Gasteiger charge is 2.21. The van der Waals surface area contributed by atoms with Gasteiger partial charge in [-0.2, -0.15) is 5.26 Å². The smallest absolute Gasteiger partial charge is 0.328 e. The van der Waals surface area contributed by atoms with Crippen LogP contribution >= 0.6 is 12.4 Å². The molecule has 0 spiro atoms. The Hall–Kier alpha value is -2.88. The molecule has 0 unspecified atom stereocenters. The van der Waals surface area contributed by atoms with Gasteiger partial charge in [0.2, 0.25) is 5.91 Å². The van der Waals surface area contributed by atoms with Gasteiger partial charge in [-0.3, -0.25) is 4.79 Å². The predicted octanol–water partition coefficient (Wildman–Crippen LogP) is 2.10. The molecule has 27 heavy (non-hydrogen) atoms. The first kappa shape index (κ1) is 22.2. The zero-order valence-corrected chi connectivity index (χ0v) is 15.7. The summed E-state index contributed by atoms with van der Waals surface area (Å²) in [6.07, 6.45) is 0.271. The molecule has 6 nitrogen and oxygen atoms in total. The van der Waals surface area contributed by atoms with Crippen molar-refractivity contribution in [1.82, 2.24) is 5.32 Å². The number of ether oxygens (including phenoxy) is 1. The molecule has 142 valence electrons. The van der Waals surface area contributed by atoms with Crippen LogP contribution in [0.3, 0.4) is 0 Å². The highest BCUT2D eigenvalue weighted by atomic mass is 35.5. The molecule has 2 aromatic carbocycles. The molecule has 0 bridgehead atoms. The Morgan fingerprint density at radius 3 is 2.48 bits per heavy atom. The normalized spacial score (nSPS) is 12.0. The second-order valence-corrected chi connectivity index (χ2v) is 5.95. The van der Waals surface area contributed by atoms with Crippen LogP contribution < -0.4 is 11.1 Å². The monoisotopic (exact) mass is 387 g/mol. The number of carbonyl (C=O) groups excluding carboxylic acids is 2. The van der Waals surface area contributed by atoms with Gasteiger partial charge < -0.3 is 15.8 Å². The molecule has 2 atom stereocenters. The molecule has 0 aliphatic heterocycles. The van der Waals surface area contributed by atoms with Crippen LogP contribution in [0.2, 0.25) is 0 Å². The van der Waals surface area contributed by atoms with Crippen LogP contribution in [0, 0.1) is 11.3 Å². The van der Waals surface area contributed by atoms with Crippen molar-refractivity contribution >= 4 is 24.3 Å².